The largest absolute Gasteiger partial charge is 0.330 e. The maximum Gasteiger partial charge on any atom is 0.275 e. The number of aromatic nitrogens is 4. The number of fused-ring (bicyclic) bond motifs is 2. The van der Waals surface area contributed by atoms with Gasteiger partial charge in [0.1, 0.15) is 12.4 Å². The molecule has 3 heterocycles. The van der Waals surface area contributed by atoms with Gasteiger partial charge < -0.3 is 9.88 Å². The molecule has 1 N–H and O–H groups in total. The molecule has 4 aromatic rings. The Hall–Kier alpha value is -3.52. The van der Waals surface area contributed by atoms with Crippen LogP contribution in [0.25, 0.3) is 21.8 Å². The summed E-state index contributed by atoms with van der Waals surface area (Å²) in [6.07, 6.45) is 5.11. The third kappa shape index (κ3) is 4.46. The van der Waals surface area contributed by atoms with Gasteiger partial charge in [0, 0.05) is 18.1 Å². The van der Waals surface area contributed by atoms with E-state index < -0.39 is 0 Å². The average molecular weight is 459 g/mol. The highest BCUT2D eigenvalue weighted by molar-refractivity contribution is 5.93. The summed E-state index contributed by atoms with van der Waals surface area (Å²) in [5.74, 6) is 0.729. The average Bonchev–Trinajstić information content (AvgIpc) is 2.98. The number of hydrogen-bond donors (Lipinski definition) is 1. The molecule has 0 bridgehead atoms. The van der Waals surface area contributed by atoms with Crippen LogP contribution in [0.2, 0.25) is 0 Å². The molecular formula is C26H30N6O2. The number of rotatable bonds is 5. The number of amides is 1. The smallest absolute Gasteiger partial charge is 0.275 e. The molecule has 8 nitrogen and oxygen atoms in total. The molecule has 1 saturated heterocycles. The highest BCUT2D eigenvalue weighted by atomic mass is 16.2. The van der Waals surface area contributed by atoms with Gasteiger partial charge in [0.05, 0.1) is 28.7 Å². The number of carbonyl (C=O) groups is 1. The van der Waals surface area contributed by atoms with Gasteiger partial charge >= 0.3 is 0 Å². The Morgan fingerprint density at radius 1 is 1.03 bits per heavy atom. The van der Waals surface area contributed by atoms with Gasteiger partial charge in [0.15, 0.2) is 0 Å². The van der Waals surface area contributed by atoms with Gasteiger partial charge in [-0.3, -0.25) is 14.5 Å². The zero-order chi connectivity index (χ0) is 23.7. The Balaban J connectivity index is 1.33. The first-order valence-electron chi connectivity index (χ1n) is 11.9. The Labute approximate surface area is 198 Å². The molecule has 176 valence electrons. The highest BCUT2D eigenvalue weighted by Gasteiger charge is 2.16. The van der Waals surface area contributed by atoms with E-state index in [1.165, 1.54) is 30.4 Å². The molecular weight excluding hydrogens is 428 g/mol. The van der Waals surface area contributed by atoms with Gasteiger partial charge in [-0.2, -0.15) is 5.10 Å². The monoisotopic (exact) mass is 458 g/mol. The highest BCUT2D eigenvalue weighted by Crippen LogP contribution is 2.21. The SMILES string of the molecule is Cc1nn(CC(=O)Nc2ccc3c(c2)nc(CN2CCCCCC2)n3C)c(=O)c2ccccc12. The third-order valence-electron chi connectivity index (χ3n) is 6.67. The standard InChI is InChI=1S/C26H30N6O2/c1-18-20-9-5-6-10-21(20)26(34)32(29-18)17-25(33)27-19-11-12-23-22(15-19)28-24(30(23)2)16-31-13-7-3-4-8-14-31/h5-6,9-12,15H,3-4,7-8,13-14,16-17H2,1-2H3,(H,27,33). The summed E-state index contributed by atoms with van der Waals surface area (Å²) in [6, 6.07) is 13.1. The van der Waals surface area contributed by atoms with Crippen molar-refractivity contribution in [2.24, 2.45) is 7.05 Å². The van der Waals surface area contributed by atoms with Crippen LogP contribution < -0.4 is 10.9 Å². The van der Waals surface area contributed by atoms with Crippen LogP contribution in [-0.2, 0) is 24.9 Å². The first-order chi connectivity index (χ1) is 16.5. The fraction of sp³-hybridized carbons (Fsp3) is 0.385. The van der Waals surface area contributed by atoms with Crippen LogP contribution in [0.1, 0.15) is 37.2 Å². The maximum absolute atomic E-state index is 12.8. The van der Waals surface area contributed by atoms with Gasteiger partial charge in [-0.05, 0) is 57.1 Å². The number of benzene rings is 2. The maximum atomic E-state index is 12.8. The summed E-state index contributed by atoms with van der Waals surface area (Å²) in [4.78, 5) is 32.8. The van der Waals surface area contributed by atoms with E-state index in [1.54, 1.807) is 6.07 Å². The van der Waals surface area contributed by atoms with Gasteiger partial charge in [0.25, 0.3) is 5.56 Å². The van der Waals surface area contributed by atoms with E-state index in [2.05, 4.69) is 19.9 Å². The van der Waals surface area contributed by atoms with Crippen molar-refractivity contribution in [1.29, 1.82) is 0 Å². The molecule has 1 fully saturated rings. The molecule has 0 saturated carbocycles. The summed E-state index contributed by atoms with van der Waals surface area (Å²) >= 11 is 0. The zero-order valence-corrected chi connectivity index (χ0v) is 19.8. The summed E-state index contributed by atoms with van der Waals surface area (Å²) in [7, 11) is 2.04. The van der Waals surface area contributed by atoms with E-state index in [0.29, 0.717) is 11.1 Å². The topological polar surface area (TPSA) is 85.1 Å². The van der Waals surface area contributed by atoms with E-state index in [1.807, 2.05) is 50.4 Å². The lowest BCUT2D eigenvalue weighted by molar-refractivity contribution is -0.117. The van der Waals surface area contributed by atoms with Gasteiger partial charge in [-0.15, -0.1) is 0 Å². The van der Waals surface area contributed by atoms with Gasteiger partial charge in [0.2, 0.25) is 5.91 Å². The normalized spacial score (nSPS) is 15.0. The number of hydrogen-bond acceptors (Lipinski definition) is 5. The van der Waals surface area contributed by atoms with Crippen molar-refractivity contribution in [2.45, 2.75) is 45.7 Å². The predicted molar refractivity (Wildman–Crippen MR) is 134 cm³/mol. The molecule has 8 heteroatoms. The zero-order valence-electron chi connectivity index (χ0n) is 19.8. The van der Waals surface area contributed by atoms with Crippen molar-refractivity contribution in [2.75, 3.05) is 18.4 Å². The van der Waals surface area contributed by atoms with Crippen LogP contribution in [0.5, 0.6) is 0 Å². The van der Waals surface area contributed by atoms with Crippen molar-refractivity contribution >= 4 is 33.4 Å². The number of imidazole rings is 1. The van der Waals surface area contributed by atoms with Crippen LogP contribution in [0.15, 0.2) is 47.3 Å². The first-order valence-corrected chi connectivity index (χ1v) is 11.9. The van der Waals surface area contributed by atoms with E-state index >= 15 is 0 Å². The lowest BCUT2D eigenvalue weighted by atomic mass is 10.1. The van der Waals surface area contributed by atoms with Crippen molar-refractivity contribution in [3.8, 4) is 0 Å². The fourth-order valence-electron chi connectivity index (χ4n) is 4.81. The van der Waals surface area contributed by atoms with Crippen LogP contribution in [0.4, 0.5) is 5.69 Å². The van der Waals surface area contributed by atoms with Crippen LogP contribution in [0, 0.1) is 6.92 Å². The van der Waals surface area contributed by atoms with Crippen molar-refractivity contribution in [3.63, 3.8) is 0 Å². The second-order valence-electron chi connectivity index (χ2n) is 9.12. The minimum Gasteiger partial charge on any atom is -0.330 e. The first kappa shape index (κ1) is 22.3. The third-order valence-corrected chi connectivity index (χ3v) is 6.67. The molecule has 34 heavy (non-hydrogen) atoms. The minimum atomic E-state index is -0.302. The molecule has 2 aromatic carbocycles. The molecule has 0 aliphatic carbocycles. The lowest BCUT2D eigenvalue weighted by Crippen LogP contribution is -2.30. The summed E-state index contributed by atoms with van der Waals surface area (Å²) in [5.41, 5.74) is 2.99. The molecule has 1 aliphatic heterocycles. The Morgan fingerprint density at radius 2 is 1.76 bits per heavy atom. The number of likely N-dealkylation sites (tertiary alicyclic amines) is 1. The second-order valence-corrected chi connectivity index (χ2v) is 9.12. The predicted octanol–water partition coefficient (Wildman–Crippen LogP) is 3.61. The molecule has 0 unspecified atom stereocenters. The Kier molecular flexibility index (Phi) is 6.15. The Bertz CT molecular complexity index is 1410. The number of aryl methyl sites for hydroxylation is 2. The summed E-state index contributed by atoms with van der Waals surface area (Å²) in [5, 5.41) is 8.60. The second kappa shape index (κ2) is 9.38. The summed E-state index contributed by atoms with van der Waals surface area (Å²) < 4.78 is 3.36. The number of nitrogens with one attached hydrogen (secondary N) is 1. The van der Waals surface area contributed by atoms with Gasteiger partial charge in [-0.1, -0.05) is 31.0 Å². The molecule has 2 aromatic heterocycles. The van der Waals surface area contributed by atoms with Crippen LogP contribution in [0.3, 0.4) is 0 Å². The van der Waals surface area contributed by atoms with Crippen molar-refractivity contribution in [1.82, 2.24) is 24.2 Å². The molecule has 1 amide bonds. The van der Waals surface area contributed by atoms with E-state index in [-0.39, 0.29) is 18.0 Å². The molecule has 0 atom stereocenters. The molecule has 0 spiro atoms. The van der Waals surface area contributed by atoms with E-state index in [4.69, 9.17) is 4.98 Å². The number of carbonyl (C=O) groups excluding carboxylic acids is 1. The summed E-state index contributed by atoms with van der Waals surface area (Å²) in [6.45, 7) is 4.76. The molecule has 5 rings (SSSR count). The van der Waals surface area contributed by atoms with Crippen molar-refractivity contribution in [3.05, 3.63) is 64.3 Å². The number of nitrogens with zero attached hydrogens (tertiary/aromatic N) is 5. The molecule has 1 aliphatic rings. The van der Waals surface area contributed by atoms with Gasteiger partial charge in [-0.25, -0.2) is 9.67 Å². The quantitative estimate of drug-likeness (QED) is 0.494. The lowest BCUT2D eigenvalue weighted by Gasteiger charge is -2.19. The van der Waals surface area contributed by atoms with E-state index in [0.717, 1.165) is 47.6 Å². The number of anilines is 1. The van der Waals surface area contributed by atoms with E-state index in [9.17, 15) is 9.59 Å². The van der Waals surface area contributed by atoms with Crippen molar-refractivity contribution < 1.29 is 4.79 Å². The van der Waals surface area contributed by atoms with Crippen LogP contribution in [-0.4, -0.2) is 43.2 Å². The fourth-order valence-corrected chi connectivity index (χ4v) is 4.81. The Morgan fingerprint density at radius 3 is 2.53 bits per heavy atom. The molecule has 0 radical (unpaired) electrons. The van der Waals surface area contributed by atoms with Crippen LogP contribution >= 0.6 is 0 Å². The minimum absolute atomic E-state index is 0.148.